The lowest BCUT2D eigenvalue weighted by molar-refractivity contribution is -0.155. The van der Waals surface area contributed by atoms with Crippen molar-refractivity contribution >= 4 is 28.7 Å². The fourth-order valence-electron chi connectivity index (χ4n) is 7.43. The van der Waals surface area contributed by atoms with E-state index in [2.05, 4.69) is 4.98 Å². The number of likely N-dealkylation sites (tertiary alicyclic amines) is 1. The largest absolute Gasteiger partial charge is 0.481 e. The zero-order chi connectivity index (χ0) is 44.5. The zero-order valence-electron chi connectivity index (χ0n) is 34.5. The van der Waals surface area contributed by atoms with Gasteiger partial charge < -0.3 is 19.3 Å². The summed E-state index contributed by atoms with van der Waals surface area (Å²) in [6, 6.07) is 22.1. The molecule has 61 heavy (non-hydrogen) atoms. The van der Waals surface area contributed by atoms with Crippen molar-refractivity contribution < 1.29 is 46.2 Å². The third kappa shape index (κ3) is 11.7. The van der Waals surface area contributed by atoms with E-state index >= 15 is 0 Å². The molecule has 324 valence electrons. The fraction of sp³-hybridized carbons (Fsp3) is 0.370. The summed E-state index contributed by atoms with van der Waals surface area (Å²) >= 11 is 0. The number of aryl methyl sites for hydroxylation is 2. The van der Waals surface area contributed by atoms with Crippen LogP contribution in [0.25, 0.3) is 22.0 Å². The maximum absolute atomic E-state index is 14.6. The van der Waals surface area contributed by atoms with E-state index < -0.39 is 40.4 Å². The molecule has 1 aromatic heterocycles. The van der Waals surface area contributed by atoms with Gasteiger partial charge in [0, 0.05) is 44.6 Å². The monoisotopic (exact) mass is 848 g/mol. The first-order valence-electron chi connectivity index (χ1n) is 20.0. The number of fused-ring (bicyclic) bond motifs is 1. The van der Waals surface area contributed by atoms with Gasteiger partial charge in [-0.3, -0.25) is 24.1 Å². The summed E-state index contributed by atoms with van der Waals surface area (Å²) in [4.78, 5) is 58.1. The summed E-state index contributed by atoms with van der Waals surface area (Å²) in [5, 5.41) is 8.23. The molecule has 0 aliphatic carbocycles. The number of carbonyl (C=O) groups excluding carboxylic acids is 2. The number of para-hydroxylation sites is 1. The van der Waals surface area contributed by atoms with Gasteiger partial charge in [-0.15, -0.1) is 0 Å². The lowest BCUT2D eigenvalue weighted by Crippen LogP contribution is -2.56. The van der Waals surface area contributed by atoms with Crippen LogP contribution in [0.2, 0.25) is 0 Å². The number of aliphatic carboxylic acids is 1. The molecule has 1 fully saturated rings. The second-order valence-corrected chi connectivity index (χ2v) is 15.4. The molecule has 0 radical (unpaired) electrons. The number of carboxylic acids is 1. The van der Waals surface area contributed by atoms with Crippen LogP contribution < -0.4 is 5.56 Å². The first kappa shape index (κ1) is 46.1. The number of piperidine rings is 1. The molecule has 1 saturated heterocycles. The molecular formula is C46H49F5N4O6. The molecule has 1 aliphatic rings. The SMILES string of the molecule is CCCC(=O)O.COC(=O)C(C)(C)N1CCC(N(Cc2ccc(-c3ccc(C(F)(F)F)cc3)cc2)C(=O)Cn2c(CCc3ccc(F)cc3F)nc(=O)c3ccccc32)CC1. The Labute approximate surface area is 350 Å². The van der Waals surface area contributed by atoms with Gasteiger partial charge in [0.1, 0.15) is 29.5 Å². The first-order valence-corrected chi connectivity index (χ1v) is 20.0. The number of aromatic nitrogens is 2. The van der Waals surface area contributed by atoms with Gasteiger partial charge in [0.15, 0.2) is 0 Å². The predicted octanol–water partition coefficient (Wildman–Crippen LogP) is 8.46. The highest BCUT2D eigenvalue weighted by molar-refractivity contribution is 5.82. The fourth-order valence-corrected chi connectivity index (χ4v) is 7.43. The Balaban J connectivity index is 0.00000109. The number of hydrogen-bond donors (Lipinski definition) is 1. The van der Waals surface area contributed by atoms with Crippen LogP contribution in [-0.4, -0.2) is 74.1 Å². The van der Waals surface area contributed by atoms with Crippen LogP contribution in [0.15, 0.2) is 95.8 Å². The minimum absolute atomic E-state index is 0.0995. The molecule has 5 aromatic rings. The molecule has 0 unspecified atom stereocenters. The lowest BCUT2D eigenvalue weighted by atomic mass is 9.95. The van der Waals surface area contributed by atoms with E-state index in [0.29, 0.717) is 54.4 Å². The topological polar surface area (TPSA) is 122 Å². The van der Waals surface area contributed by atoms with Gasteiger partial charge >= 0.3 is 18.1 Å². The van der Waals surface area contributed by atoms with Gasteiger partial charge in [0.05, 0.1) is 23.6 Å². The quantitative estimate of drug-likeness (QED) is 0.0926. The Kier molecular flexibility index (Phi) is 15.2. The van der Waals surface area contributed by atoms with Crippen molar-refractivity contribution in [1.29, 1.82) is 0 Å². The predicted molar refractivity (Wildman–Crippen MR) is 220 cm³/mol. The van der Waals surface area contributed by atoms with Crippen molar-refractivity contribution in [1.82, 2.24) is 19.4 Å². The lowest BCUT2D eigenvalue weighted by Gasteiger charge is -2.44. The van der Waals surface area contributed by atoms with Crippen molar-refractivity contribution in [2.24, 2.45) is 0 Å². The number of nitrogens with zero attached hydrogens (tertiary/aromatic N) is 4. The van der Waals surface area contributed by atoms with E-state index in [1.165, 1.54) is 25.3 Å². The summed E-state index contributed by atoms with van der Waals surface area (Å²) in [6.45, 7) is 6.49. The van der Waals surface area contributed by atoms with Crippen LogP contribution in [0.1, 0.15) is 69.0 Å². The Morgan fingerprint density at radius 3 is 2.07 bits per heavy atom. The van der Waals surface area contributed by atoms with Crippen LogP contribution in [0.3, 0.4) is 0 Å². The molecule has 0 saturated carbocycles. The van der Waals surface area contributed by atoms with E-state index in [-0.39, 0.29) is 55.2 Å². The van der Waals surface area contributed by atoms with Gasteiger partial charge in [0.25, 0.3) is 5.56 Å². The maximum Gasteiger partial charge on any atom is 0.416 e. The number of carboxylic acid groups (broad SMARTS) is 1. The summed E-state index contributed by atoms with van der Waals surface area (Å²) in [5.41, 5.74) is 0.739. The van der Waals surface area contributed by atoms with Crippen molar-refractivity contribution in [3.63, 3.8) is 0 Å². The van der Waals surface area contributed by atoms with Crippen LogP contribution in [0.4, 0.5) is 22.0 Å². The van der Waals surface area contributed by atoms with E-state index in [1.807, 2.05) is 24.0 Å². The number of benzene rings is 4. The van der Waals surface area contributed by atoms with Gasteiger partial charge in [0.2, 0.25) is 5.91 Å². The number of rotatable bonds is 13. The number of carbonyl (C=O) groups is 3. The highest BCUT2D eigenvalue weighted by Crippen LogP contribution is 2.32. The average molecular weight is 849 g/mol. The zero-order valence-corrected chi connectivity index (χ0v) is 34.5. The number of alkyl halides is 3. The van der Waals surface area contributed by atoms with Crippen molar-refractivity contribution in [2.45, 2.75) is 90.1 Å². The number of hydrogen-bond acceptors (Lipinski definition) is 7. The molecule has 2 heterocycles. The highest BCUT2D eigenvalue weighted by Gasteiger charge is 2.39. The molecule has 1 amide bonds. The standard InChI is InChI=1S/C42H41F5N4O4.C4H8O2/c1-41(2,40(54)55-3)49-22-20-33(21-23-49)50(25-27-8-10-28(11-9-27)29-12-16-31(17-13-29)42(45,46)47)38(52)26-51-36-7-5-4-6-34(36)39(53)48-37(51)19-15-30-14-18-32(43)24-35(30)44;1-2-3-4(5)6/h4-14,16-18,24,33H,15,19-23,25-26H2,1-3H3;2-3H2,1H3,(H,5,6). The number of methoxy groups -OCH3 is 1. The second kappa shape index (κ2) is 20.1. The Morgan fingerprint density at radius 1 is 0.885 bits per heavy atom. The third-order valence-electron chi connectivity index (χ3n) is 10.9. The minimum Gasteiger partial charge on any atom is -0.481 e. The maximum atomic E-state index is 14.6. The first-order chi connectivity index (χ1) is 28.9. The van der Waals surface area contributed by atoms with E-state index in [0.717, 1.165) is 36.2 Å². The number of ether oxygens (including phenoxy) is 1. The normalized spacial score (nSPS) is 13.7. The Hall–Kier alpha value is -5.96. The average Bonchev–Trinajstić information content (AvgIpc) is 3.23. The van der Waals surface area contributed by atoms with Gasteiger partial charge in [-0.05, 0) is 92.1 Å². The molecular weight excluding hydrogens is 800 g/mol. The highest BCUT2D eigenvalue weighted by atomic mass is 19.4. The van der Waals surface area contributed by atoms with Crippen LogP contribution in [0, 0.1) is 11.6 Å². The van der Waals surface area contributed by atoms with Crippen LogP contribution in [0.5, 0.6) is 0 Å². The van der Waals surface area contributed by atoms with Crippen molar-refractivity contribution in [3.05, 3.63) is 135 Å². The molecule has 0 bridgehead atoms. The van der Waals surface area contributed by atoms with Crippen molar-refractivity contribution in [2.75, 3.05) is 20.2 Å². The summed E-state index contributed by atoms with van der Waals surface area (Å²) in [6.07, 6.45) is -2.11. The molecule has 4 aromatic carbocycles. The van der Waals surface area contributed by atoms with E-state index in [1.54, 1.807) is 59.7 Å². The van der Waals surface area contributed by atoms with Gasteiger partial charge in [-0.1, -0.05) is 61.5 Å². The van der Waals surface area contributed by atoms with Crippen LogP contribution in [-0.2, 0) is 51.2 Å². The molecule has 0 atom stereocenters. The summed E-state index contributed by atoms with van der Waals surface area (Å²) < 4.78 is 74.3. The molecule has 0 spiro atoms. The minimum atomic E-state index is -4.44. The molecule has 1 aliphatic heterocycles. The molecule has 1 N–H and O–H groups in total. The molecule has 15 heteroatoms. The Bertz CT molecular complexity index is 2370. The van der Waals surface area contributed by atoms with Gasteiger partial charge in [-0.25, -0.2) is 8.78 Å². The van der Waals surface area contributed by atoms with Gasteiger partial charge in [-0.2, -0.15) is 18.2 Å². The summed E-state index contributed by atoms with van der Waals surface area (Å²) in [5.74, 6) is -2.49. The van der Waals surface area contributed by atoms with E-state index in [4.69, 9.17) is 9.84 Å². The second-order valence-electron chi connectivity index (χ2n) is 15.4. The number of esters is 1. The van der Waals surface area contributed by atoms with Crippen molar-refractivity contribution in [3.8, 4) is 11.1 Å². The van der Waals surface area contributed by atoms with Crippen LogP contribution >= 0.6 is 0 Å². The smallest absolute Gasteiger partial charge is 0.416 e. The number of amides is 1. The third-order valence-corrected chi connectivity index (χ3v) is 10.9. The molecule has 10 nitrogen and oxygen atoms in total. The summed E-state index contributed by atoms with van der Waals surface area (Å²) in [7, 11) is 1.35. The Morgan fingerprint density at radius 2 is 1.51 bits per heavy atom. The van der Waals surface area contributed by atoms with E-state index in [9.17, 15) is 41.1 Å². The number of halogens is 5. The molecule has 6 rings (SSSR count).